The number of imide groups is 1. The van der Waals surface area contributed by atoms with Gasteiger partial charge < -0.3 is 14.4 Å². The summed E-state index contributed by atoms with van der Waals surface area (Å²) in [7, 11) is 3.24. The van der Waals surface area contributed by atoms with E-state index < -0.39 is 23.6 Å². The summed E-state index contributed by atoms with van der Waals surface area (Å²) in [5, 5.41) is 0. The lowest BCUT2D eigenvalue weighted by Crippen LogP contribution is -2.50. The maximum Gasteiger partial charge on any atom is 0.416 e. The highest BCUT2D eigenvalue weighted by Crippen LogP contribution is 2.34. The lowest BCUT2D eigenvalue weighted by atomic mass is 10.0. The van der Waals surface area contributed by atoms with Gasteiger partial charge in [0.2, 0.25) is 0 Å². The highest BCUT2D eigenvalue weighted by molar-refractivity contribution is 6.23. The predicted octanol–water partition coefficient (Wildman–Crippen LogP) is 5.27. The molecule has 7 nitrogen and oxygen atoms in total. The van der Waals surface area contributed by atoms with E-state index in [1.807, 2.05) is 24.3 Å². The molecule has 1 fully saturated rings. The number of amides is 2. The molecule has 10 heteroatoms. The number of carbonyl (C=O) groups is 2. The van der Waals surface area contributed by atoms with E-state index >= 15 is 0 Å². The number of carbonyl (C=O) groups excluding carboxylic acids is 2. The van der Waals surface area contributed by atoms with Gasteiger partial charge in [-0.25, -0.2) is 0 Å². The van der Waals surface area contributed by atoms with Crippen LogP contribution >= 0.6 is 0 Å². The molecule has 216 valence electrons. The Hall–Kier alpha value is -4.05. The molecular formula is C31H32F3N3O4. The molecule has 5 rings (SSSR count). The van der Waals surface area contributed by atoms with Crippen LogP contribution in [0.4, 0.5) is 18.9 Å². The first-order valence-corrected chi connectivity index (χ1v) is 13.5. The summed E-state index contributed by atoms with van der Waals surface area (Å²) >= 11 is 0. The Kier molecular flexibility index (Phi) is 7.95. The van der Waals surface area contributed by atoms with E-state index in [0.29, 0.717) is 47.0 Å². The van der Waals surface area contributed by atoms with E-state index in [-0.39, 0.29) is 12.6 Å². The van der Waals surface area contributed by atoms with Crippen molar-refractivity contribution in [2.45, 2.75) is 32.1 Å². The lowest BCUT2D eigenvalue weighted by Gasteiger charge is -2.39. The first-order chi connectivity index (χ1) is 19.6. The Labute approximate surface area is 237 Å². The van der Waals surface area contributed by atoms with E-state index in [1.54, 1.807) is 26.4 Å². The number of piperazine rings is 1. The minimum atomic E-state index is -4.45. The number of anilines is 1. The monoisotopic (exact) mass is 567 g/mol. The summed E-state index contributed by atoms with van der Waals surface area (Å²) in [6.07, 6.45) is -3.61. The quantitative estimate of drug-likeness (QED) is 0.346. The van der Waals surface area contributed by atoms with Crippen LogP contribution in [0.5, 0.6) is 11.5 Å². The Balaban J connectivity index is 1.25. The fourth-order valence-electron chi connectivity index (χ4n) is 5.59. The number of methoxy groups -OCH3 is 2. The molecule has 2 aliphatic heterocycles. The molecule has 3 aromatic carbocycles. The van der Waals surface area contributed by atoms with Crippen molar-refractivity contribution in [3.05, 3.63) is 88.5 Å². The number of halogens is 3. The van der Waals surface area contributed by atoms with Gasteiger partial charge in [0.25, 0.3) is 11.8 Å². The third-order valence-corrected chi connectivity index (χ3v) is 7.86. The topological polar surface area (TPSA) is 62.3 Å². The zero-order valence-corrected chi connectivity index (χ0v) is 23.2. The van der Waals surface area contributed by atoms with Crippen molar-refractivity contribution < 1.29 is 32.2 Å². The standard InChI is InChI=1S/C31H32F3N3O4/c1-20(17-22-9-12-26(40-2)27(18-22)41-3)35-13-15-36(16-14-35)25-6-4-5-24-28(25)30(39)37(29(24)38)19-21-7-10-23(11-8-21)31(32,33)34/h4-12,18,20H,13-17,19H2,1-3H3. The van der Waals surface area contributed by atoms with Crippen LogP contribution < -0.4 is 14.4 Å². The molecule has 0 spiro atoms. The van der Waals surface area contributed by atoms with Crippen molar-refractivity contribution in [3.8, 4) is 11.5 Å². The lowest BCUT2D eigenvalue weighted by molar-refractivity contribution is -0.137. The summed E-state index contributed by atoms with van der Waals surface area (Å²) in [4.78, 5) is 32.2. The second-order valence-corrected chi connectivity index (χ2v) is 10.4. The Morgan fingerprint density at radius 2 is 1.49 bits per heavy atom. The number of hydrogen-bond donors (Lipinski definition) is 0. The number of ether oxygens (including phenoxy) is 2. The van der Waals surface area contributed by atoms with E-state index in [2.05, 4.69) is 16.7 Å². The second kappa shape index (κ2) is 11.4. The molecule has 1 saturated heterocycles. The second-order valence-electron chi connectivity index (χ2n) is 10.4. The molecular weight excluding hydrogens is 535 g/mol. The number of hydrogen-bond acceptors (Lipinski definition) is 6. The fourth-order valence-corrected chi connectivity index (χ4v) is 5.59. The summed E-state index contributed by atoms with van der Waals surface area (Å²) in [5.74, 6) is 0.532. The fraction of sp³-hybridized carbons (Fsp3) is 0.355. The van der Waals surface area contributed by atoms with Gasteiger partial charge in [-0.15, -0.1) is 0 Å². The zero-order valence-electron chi connectivity index (χ0n) is 23.2. The maximum atomic E-state index is 13.4. The van der Waals surface area contributed by atoms with Gasteiger partial charge in [0.05, 0.1) is 43.1 Å². The third-order valence-electron chi connectivity index (χ3n) is 7.86. The molecule has 2 aliphatic rings. The minimum absolute atomic E-state index is 0.0919. The average Bonchev–Trinajstić information content (AvgIpc) is 3.21. The molecule has 1 atom stereocenters. The summed E-state index contributed by atoms with van der Waals surface area (Å²) in [6, 6.07) is 16.0. The number of fused-ring (bicyclic) bond motifs is 1. The molecule has 41 heavy (non-hydrogen) atoms. The summed E-state index contributed by atoms with van der Waals surface area (Å²) < 4.78 is 49.6. The van der Waals surface area contributed by atoms with Crippen molar-refractivity contribution >= 4 is 17.5 Å². The van der Waals surface area contributed by atoms with Crippen LogP contribution in [0.1, 0.15) is 44.3 Å². The van der Waals surface area contributed by atoms with E-state index in [4.69, 9.17) is 9.47 Å². The summed E-state index contributed by atoms with van der Waals surface area (Å²) in [5.41, 5.74) is 2.22. The van der Waals surface area contributed by atoms with Gasteiger partial charge in [-0.05, 0) is 60.9 Å². The zero-order chi connectivity index (χ0) is 29.3. The van der Waals surface area contributed by atoms with Crippen molar-refractivity contribution in [1.29, 1.82) is 0 Å². The number of benzene rings is 3. The van der Waals surface area contributed by atoms with Crippen molar-refractivity contribution in [2.24, 2.45) is 0 Å². The maximum absolute atomic E-state index is 13.4. The molecule has 3 aromatic rings. The first kappa shape index (κ1) is 28.5. The first-order valence-electron chi connectivity index (χ1n) is 13.5. The molecule has 2 amide bonds. The van der Waals surface area contributed by atoms with Gasteiger partial charge in [0.1, 0.15) is 0 Å². The summed E-state index contributed by atoms with van der Waals surface area (Å²) in [6.45, 7) is 5.05. The third kappa shape index (κ3) is 5.74. The van der Waals surface area contributed by atoms with Crippen molar-refractivity contribution in [1.82, 2.24) is 9.80 Å². The normalized spacial score (nSPS) is 16.6. The molecule has 0 aromatic heterocycles. The van der Waals surface area contributed by atoms with Crippen LogP contribution in [0, 0.1) is 0 Å². The predicted molar refractivity (Wildman–Crippen MR) is 149 cm³/mol. The molecule has 0 radical (unpaired) electrons. The number of alkyl halides is 3. The van der Waals surface area contributed by atoms with Crippen LogP contribution in [0.25, 0.3) is 0 Å². The van der Waals surface area contributed by atoms with Crippen LogP contribution in [-0.4, -0.2) is 68.1 Å². The van der Waals surface area contributed by atoms with E-state index in [0.717, 1.165) is 42.1 Å². The van der Waals surface area contributed by atoms with Crippen LogP contribution in [0.15, 0.2) is 60.7 Å². The molecule has 2 heterocycles. The molecule has 0 bridgehead atoms. The van der Waals surface area contributed by atoms with Gasteiger partial charge >= 0.3 is 6.18 Å². The highest BCUT2D eigenvalue weighted by atomic mass is 19.4. The molecule has 1 unspecified atom stereocenters. The SMILES string of the molecule is COc1ccc(CC(C)N2CCN(c3cccc4c3C(=O)N(Cc3ccc(C(F)(F)F)cc3)C4=O)CC2)cc1OC. The molecule has 0 saturated carbocycles. The number of rotatable bonds is 8. The molecule has 0 aliphatic carbocycles. The average molecular weight is 568 g/mol. The Bertz CT molecular complexity index is 1430. The van der Waals surface area contributed by atoms with Crippen molar-refractivity contribution in [2.75, 3.05) is 45.3 Å². The van der Waals surface area contributed by atoms with Crippen molar-refractivity contribution in [3.63, 3.8) is 0 Å². The van der Waals surface area contributed by atoms with Gasteiger partial charge in [0.15, 0.2) is 11.5 Å². The van der Waals surface area contributed by atoms with Crippen LogP contribution in [0.2, 0.25) is 0 Å². The Morgan fingerprint density at radius 3 is 2.12 bits per heavy atom. The largest absolute Gasteiger partial charge is 0.493 e. The van der Waals surface area contributed by atoms with Gasteiger partial charge in [-0.3, -0.25) is 19.4 Å². The minimum Gasteiger partial charge on any atom is -0.493 e. The van der Waals surface area contributed by atoms with Gasteiger partial charge in [0, 0.05) is 32.2 Å². The number of nitrogens with zero attached hydrogens (tertiary/aromatic N) is 3. The molecule has 0 N–H and O–H groups in total. The van der Waals surface area contributed by atoms with Gasteiger partial charge in [-0.2, -0.15) is 13.2 Å². The van der Waals surface area contributed by atoms with Gasteiger partial charge in [-0.1, -0.05) is 24.3 Å². The van der Waals surface area contributed by atoms with Crippen LogP contribution in [0.3, 0.4) is 0 Å². The van der Waals surface area contributed by atoms with Crippen LogP contribution in [-0.2, 0) is 19.1 Å². The van der Waals surface area contributed by atoms with E-state index in [9.17, 15) is 22.8 Å². The smallest absolute Gasteiger partial charge is 0.416 e. The van der Waals surface area contributed by atoms with E-state index in [1.165, 1.54) is 12.1 Å². The highest BCUT2D eigenvalue weighted by Gasteiger charge is 2.39. The Morgan fingerprint density at radius 1 is 0.829 bits per heavy atom.